The summed E-state index contributed by atoms with van der Waals surface area (Å²) in [6, 6.07) is 35.9. The first-order valence-corrected chi connectivity index (χ1v) is 13.7. The molecule has 0 saturated carbocycles. The van der Waals surface area contributed by atoms with Gasteiger partial charge in [-0.3, -0.25) is 4.79 Å². The van der Waals surface area contributed by atoms with Crippen LogP contribution >= 0.6 is 0 Å². The van der Waals surface area contributed by atoms with Crippen LogP contribution in [-0.4, -0.2) is 34.0 Å². The van der Waals surface area contributed by atoms with Gasteiger partial charge >= 0.3 is 12.1 Å². The summed E-state index contributed by atoms with van der Waals surface area (Å²) in [5, 5.41) is 1.54. The number of ether oxygens (including phenoxy) is 1. The van der Waals surface area contributed by atoms with Gasteiger partial charge in [0.1, 0.15) is 6.10 Å². The van der Waals surface area contributed by atoms with Gasteiger partial charge in [0.2, 0.25) is 5.91 Å². The first kappa shape index (κ1) is 27.8. The number of hydrogen-bond donors (Lipinski definition) is 0. The Bertz CT molecular complexity index is 1460. The fourth-order valence-electron chi connectivity index (χ4n) is 5.24. The van der Waals surface area contributed by atoms with Crippen LogP contribution in [-0.2, 0) is 20.9 Å². The number of hydroxylamine groups is 2. The summed E-state index contributed by atoms with van der Waals surface area (Å²) in [6.45, 7) is 3.79. The topological polar surface area (TPSA) is 76.2 Å². The van der Waals surface area contributed by atoms with E-state index < -0.39 is 42.1 Å². The first-order chi connectivity index (χ1) is 19.9. The third-order valence-electron chi connectivity index (χ3n) is 7.34. The van der Waals surface area contributed by atoms with Gasteiger partial charge in [-0.1, -0.05) is 116 Å². The molecule has 0 unspecified atom stereocenters. The summed E-state index contributed by atoms with van der Waals surface area (Å²) in [6.07, 6.45) is -1.27. The average molecular weight is 549 g/mol. The van der Waals surface area contributed by atoms with Crippen LogP contribution in [0.2, 0.25) is 0 Å². The van der Waals surface area contributed by atoms with Gasteiger partial charge < -0.3 is 9.57 Å². The quantitative estimate of drug-likeness (QED) is 0.216. The van der Waals surface area contributed by atoms with Gasteiger partial charge in [0.05, 0.1) is 30.1 Å². The number of benzene rings is 4. The molecule has 1 fully saturated rings. The van der Waals surface area contributed by atoms with Crippen LogP contribution in [0.15, 0.2) is 121 Å². The molecule has 1 saturated heterocycles. The Morgan fingerprint density at radius 2 is 1.37 bits per heavy atom. The third kappa shape index (κ3) is 6.21. The van der Waals surface area contributed by atoms with Gasteiger partial charge in [0.15, 0.2) is 0 Å². The van der Waals surface area contributed by atoms with E-state index in [1.807, 2.05) is 104 Å². The van der Waals surface area contributed by atoms with Crippen molar-refractivity contribution in [2.45, 2.75) is 38.6 Å². The second-order valence-corrected chi connectivity index (χ2v) is 10.1. The summed E-state index contributed by atoms with van der Waals surface area (Å²) in [5.74, 6) is -1.74. The molecule has 2 amide bonds. The average Bonchev–Trinajstić information content (AvgIpc) is 3.32. The van der Waals surface area contributed by atoms with Crippen LogP contribution in [0, 0.1) is 5.92 Å². The molecule has 0 N–H and O–H groups in total. The molecule has 4 aromatic carbocycles. The van der Waals surface area contributed by atoms with E-state index >= 15 is 0 Å². The number of carbonyl (C=O) groups is 3. The number of imide groups is 1. The molecular formula is C34H32N2O5. The molecule has 5 rings (SSSR count). The van der Waals surface area contributed by atoms with Crippen molar-refractivity contribution in [3.05, 3.63) is 144 Å². The van der Waals surface area contributed by atoms with E-state index in [-0.39, 0.29) is 6.54 Å². The molecule has 7 heteroatoms. The summed E-state index contributed by atoms with van der Waals surface area (Å²) >= 11 is 0. The van der Waals surface area contributed by atoms with Gasteiger partial charge in [-0.25, -0.2) is 14.5 Å². The molecule has 4 atom stereocenters. The Morgan fingerprint density at radius 1 is 0.829 bits per heavy atom. The monoisotopic (exact) mass is 548 g/mol. The molecule has 0 aliphatic carbocycles. The zero-order valence-electron chi connectivity index (χ0n) is 23.0. The van der Waals surface area contributed by atoms with Crippen molar-refractivity contribution in [1.82, 2.24) is 9.96 Å². The normalized spacial score (nSPS) is 18.0. The van der Waals surface area contributed by atoms with Gasteiger partial charge in [-0.15, -0.1) is 5.06 Å². The van der Waals surface area contributed by atoms with E-state index in [9.17, 15) is 14.4 Å². The molecule has 0 spiro atoms. The number of amides is 2. The minimum Gasteiger partial charge on any atom is -0.439 e. The van der Waals surface area contributed by atoms with Crippen LogP contribution in [0.4, 0.5) is 4.79 Å². The molecule has 0 radical (unpaired) electrons. The van der Waals surface area contributed by atoms with Crippen molar-refractivity contribution in [2.24, 2.45) is 5.92 Å². The lowest BCUT2D eigenvalue weighted by molar-refractivity contribution is -0.168. The number of cyclic esters (lactones) is 1. The molecule has 1 aliphatic rings. The standard InChI is InChI=1S/C34H32N2O5/c1-24(32(37)36-25(2)31(40-34(36)39)28-19-11-5-12-20-28)30(27-17-9-4-10-18-27)35(23-26-15-7-3-8-16-26)41-33(38)29-21-13-6-14-22-29/h3-22,24-25,30-31H,23H2,1-2H3/t24-,25+,30+,31+/m0/s1. The number of nitrogens with zero attached hydrogens (tertiary/aromatic N) is 2. The maximum absolute atomic E-state index is 14.1. The summed E-state index contributed by atoms with van der Waals surface area (Å²) in [4.78, 5) is 47.7. The molecule has 1 aliphatic heterocycles. The van der Waals surface area contributed by atoms with Crippen LogP contribution in [0.5, 0.6) is 0 Å². The highest BCUT2D eigenvalue weighted by atomic mass is 16.7. The predicted octanol–water partition coefficient (Wildman–Crippen LogP) is 6.75. The Kier molecular flexibility index (Phi) is 8.56. The SMILES string of the molecule is C[C@H](C(=O)N1C(=O)O[C@@H](c2ccccc2)[C@H]1C)[C@H](c1ccccc1)N(Cc1ccccc1)OC(=O)c1ccccc1. The molecule has 7 nitrogen and oxygen atoms in total. The van der Waals surface area contributed by atoms with Gasteiger partial charge in [-0.05, 0) is 35.7 Å². The van der Waals surface area contributed by atoms with Gasteiger partial charge in [0.25, 0.3) is 0 Å². The maximum atomic E-state index is 14.1. The molecule has 0 aromatic heterocycles. The number of hydrogen-bond acceptors (Lipinski definition) is 6. The van der Waals surface area contributed by atoms with Crippen molar-refractivity contribution in [3.63, 3.8) is 0 Å². The minimum absolute atomic E-state index is 0.225. The van der Waals surface area contributed by atoms with Crippen LogP contribution in [0.3, 0.4) is 0 Å². The summed E-state index contributed by atoms with van der Waals surface area (Å²) < 4.78 is 5.67. The highest BCUT2D eigenvalue weighted by Crippen LogP contribution is 2.37. The zero-order chi connectivity index (χ0) is 28.8. The lowest BCUT2D eigenvalue weighted by Gasteiger charge is -2.35. The zero-order valence-corrected chi connectivity index (χ0v) is 23.0. The van der Waals surface area contributed by atoms with Gasteiger partial charge in [-0.2, -0.15) is 0 Å². The molecule has 0 bridgehead atoms. The second-order valence-electron chi connectivity index (χ2n) is 10.1. The highest BCUT2D eigenvalue weighted by molar-refractivity contribution is 5.95. The molecule has 208 valence electrons. The maximum Gasteiger partial charge on any atom is 0.417 e. The van der Waals surface area contributed by atoms with E-state index in [2.05, 4.69) is 0 Å². The van der Waals surface area contributed by atoms with Crippen molar-refractivity contribution in [3.8, 4) is 0 Å². The highest BCUT2D eigenvalue weighted by Gasteiger charge is 2.47. The predicted molar refractivity (Wildman–Crippen MR) is 154 cm³/mol. The summed E-state index contributed by atoms with van der Waals surface area (Å²) in [5.41, 5.74) is 2.87. The van der Waals surface area contributed by atoms with E-state index in [1.54, 1.807) is 36.3 Å². The van der Waals surface area contributed by atoms with E-state index in [1.165, 1.54) is 4.90 Å². The second kappa shape index (κ2) is 12.6. The third-order valence-corrected chi connectivity index (χ3v) is 7.34. The van der Waals surface area contributed by atoms with Crippen molar-refractivity contribution >= 4 is 18.0 Å². The Hall–Kier alpha value is -4.75. The Morgan fingerprint density at radius 3 is 1.98 bits per heavy atom. The lowest BCUT2D eigenvalue weighted by Crippen LogP contribution is -2.46. The smallest absolute Gasteiger partial charge is 0.417 e. The van der Waals surface area contributed by atoms with E-state index in [0.29, 0.717) is 5.56 Å². The van der Waals surface area contributed by atoms with E-state index in [4.69, 9.17) is 9.57 Å². The van der Waals surface area contributed by atoms with Crippen molar-refractivity contribution in [2.75, 3.05) is 0 Å². The Labute approximate surface area is 239 Å². The first-order valence-electron chi connectivity index (χ1n) is 13.7. The molecule has 41 heavy (non-hydrogen) atoms. The van der Waals surface area contributed by atoms with Crippen molar-refractivity contribution < 1.29 is 24.0 Å². The van der Waals surface area contributed by atoms with Crippen LogP contribution in [0.1, 0.15) is 53.0 Å². The summed E-state index contributed by atoms with van der Waals surface area (Å²) in [7, 11) is 0. The van der Waals surface area contributed by atoms with Crippen molar-refractivity contribution in [1.29, 1.82) is 0 Å². The fourth-order valence-corrected chi connectivity index (χ4v) is 5.24. The van der Waals surface area contributed by atoms with Crippen LogP contribution in [0.25, 0.3) is 0 Å². The van der Waals surface area contributed by atoms with Gasteiger partial charge in [0, 0.05) is 0 Å². The minimum atomic E-state index is -0.783. The lowest BCUT2D eigenvalue weighted by atomic mass is 9.91. The Balaban J connectivity index is 1.49. The largest absolute Gasteiger partial charge is 0.439 e. The fraction of sp³-hybridized carbons (Fsp3) is 0.206. The van der Waals surface area contributed by atoms with Crippen LogP contribution < -0.4 is 0 Å². The molecule has 1 heterocycles. The number of carbonyl (C=O) groups excluding carboxylic acids is 3. The van der Waals surface area contributed by atoms with E-state index in [0.717, 1.165) is 16.7 Å². The number of rotatable bonds is 9. The molecule has 4 aromatic rings. The molecular weight excluding hydrogens is 516 g/mol.